The summed E-state index contributed by atoms with van der Waals surface area (Å²) >= 11 is 0. The first-order valence-corrected chi connectivity index (χ1v) is 7.16. The summed E-state index contributed by atoms with van der Waals surface area (Å²) in [7, 11) is 3.45. The van der Waals surface area contributed by atoms with Gasteiger partial charge < -0.3 is 15.1 Å². The van der Waals surface area contributed by atoms with Crippen molar-refractivity contribution in [2.24, 2.45) is 5.92 Å². The molecule has 0 heterocycles. The molecule has 0 aromatic rings. The van der Waals surface area contributed by atoms with E-state index in [4.69, 9.17) is 0 Å². The normalized spacial score (nSPS) is 14.4. The Balaban J connectivity index is 2.30. The monoisotopic (exact) mass is 269 g/mol. The summed E-state index contributed by atoms with van der Waals surface area (Å²) in [6.45, 7) is 5.56. The molecule has 0 saturated heterocycles. The molecule has 0 bridgehead atoms. The van der Waals surface area contributed by atoms with Crippen molar-refractivity contribution in [2.75, 3.05) is 27.2 Å². The zero-order chi connectivity index (χ0) is 14.4. The van der Waals surface area contributed by atoms with Crippen LogP contribution in [0.1, 0.15) is 39.5 Å². The molecule has 110 valence electrons. The predicted octanol–water partition coefficient (Wildman–Crippen LogP) is 1.68. The van der Waals surface area contributed by atoms with E-state index in [-0.39, 0.29) is 11.9 Å². The smallest absolute Gasteiger partial charge is 0.317 e. The van der Waals surface area contributed by atoms with Crippen LogP contribution in [0, 0.1) is 5.92 Å². The van der Waals surface area contributed by atoms with Gasteiger partial charge >= 0.3 is 6.03 Å². The van der Waals surface area contributed by atoms with E-state index >= 15 is 0 Å². The van der Waals surface area contributed by atoms with Crippen molar-refractivity contribution in [3.63, 3.8) is 0 Å². The first-order valence-electron chi connectivity index (χ1n) is 7.16. The lowest BCUT2D eigenvalue weighted by Gasteiger charge is -2.23. The van der Waals surface area contributed by atoms with Gasteiger partial charge in [-0.15, -0.1) is 0 Å². The molecule has 1 saturated carbocycles. The van der Waals surface area contributed by atoms with Crippen LogP contribution in [0.2, 0.25) is 0 Å². The first-order chi connectivity index (χ1) is 8.91. The van der Waals surface area contributed by atoms with Crippen LogP contribution in [0.4, 0.5) is 4.79 Å². The van der Waals surface area contributed by atoms with Gasteiger partial charge in [-0.2, -0.15) is 0 Å². The Morgan fingerprint density at radius 3 is 2.37 bits per heavy atom. The molecule has 0 atom stereocenters. The van der Waals surface area contributed by atoms with Crippen LogP contribution in [-0.2, 0) is 4.79 Å². The quantitative estimate of drug-likeness (QED) is 0.764. The maximum absolute atomic E-state index is 12.1. The number of hydrogen-bond acceptors (Lipinski definition) is 2. The number of nitrogens with one attached hydrogen (secondary N) is 1. The van der Waals surface area contributed by atoms with Gasteiger partial charge in [-0.25, -0.2) is 4.79 Å². The van der Waals surface area contributed by atoms with Gasteiger partial charge in [0.25, 0.3) is 0 Å². The molecule has 0 unspecified atom stereocenters. The summed E-state index contributed by atoms with van der Waals surface area (Å²) in [5.74, 6) is 0.643. The van der Waals surface area contributed by atoms with Gasteiger partial charge in [0.2, 0.25) is 5.91 Å². The average Bonchev–Trinajstić information content (AvgIpc) is 3.13. The van der Waals surface area contributed by atoms with Crippen LogP contribution < -0.4 is 5.32 Å². The van der Waals surface area contributed by atoms with Gasteiger partial charge in [0.15, 0.2) is 0 Å². The molecule has 1 rings (SSSR count). The number of hydrogen-bond donors (Lipinski definition) is 1. The Kier molecular flexibility index (Phi) is 6.12. The molecule has 5 heteroatoms. The van der Waals surface area contributed by atoms with Crippen LogP contribution in [-0.4, -0.2) is 55.0 Å². The van der Waals surface area contributed by atoms with E-state index in [0.29, 0.717) is 24.9 Å². The van der Waals surface area contributed by atoms with Gasteiger partial charge in [0.05, 0.1) is 0 Å². The molecular weight excluding hydrogens is 242 g/mol. The third-order valence-corrected chi connectivity index (χ3v) is 3.31. The van der Waals surface area contributed by atoms with Crippen molar-refractivity contribution in [1.82, 2.24) is 15.1 Å². The van der Waals surface area contributed by atoms with Crippen LogP contribution in [0.3, 0.4) is 0 Å². The fourth-order valence-electron chi connectivity index (χ4n) is 1.83. The zero-order valence-electron chi connectivity index (χ0n) is 12.6. The van der Waals surface area contributed by atoms with Crippen LogP contribution in [0.15, 0.2) is 0 Å². The largest absolute Gasteiger partial charge is 0.349 e. The number of carbonyl (C=O) groups excluding carboxylic acids is 2. The van der Waals surface area contributed by atoms with Crippen LogP contribution in [0.5, 0.6) is 0 Å². The lowest BCUT2D eigenvalue weighted by molar-refractivity contribution is -0.128. The molecule has 0 aromatic heterocycles. The van der Waals surface area contributed by atoms with E-state index in [0.717, 1.165) is 25.8 Å². The minimum absolute atomic E-state index is 0.0188. The molecular formula is C14H27N3O2. The molecule has 5 nitrogen and oxygen atoms in total. The molecule has 1 aliphatic rings. The maximum Gasteiger partial charge on any atom is 0.317 e. The molecule has 1 fully saturated rings. The summed E-state index contributed by atoms with van der Waals surface area (Å²) in [6, 6.07) is 0.401. The summed E-state index contributed by atoms with van der Waals surface area (Å²) < 4.78 is 0. The molecule has 1 N–H and O–H groups in total. The van der Waals surface area contributed by atoms with E-state index in [9.17, 15) is 9.59 Å². The number of urea groups is 1. The van der Waals surface area contributed by atoms with Gasteiger partial charge in [0.1, 0.15) is 0 Å². The Bertz CT molecular complexity index is 312. The lowest BCUT2D eigenvalue weighted by Crippen LogP contribution is -2.43. The molecule has 19 heavy (non-hydrogen) atoms. The Hall–Kier alpha value is -1.26. The van der Waals surface area contributed by atoms with Crippen LogP contribution in [0.25, 0.3) is 0 Å². The van der Waals surface area contributed by atoms with E-state index in [1.165, 1.54) is 0 Å². The second-order valence-electron chi connectivity index (χ2n) is 5.88. The van der Waals surface area contributed by atoms with E-state index in [1.54, 1.807) is 19.0 Å². The average molecular weight is 269 g/mol. The molecule has 1 aliphatic carbocycles. The van der Waals surface area contributed by atoms with E-state index in [1.807, 2.05) is 4.90 Å². The molecule has 3 amide bonds. The fraction of sp³-hybridized carbons (Fsp3) is 0.857. The van der Waals surface area contributed by atoms with Crippen molar-refractivity contribution >= 4 is 11.9 Å². The number of rotatable bonds is 7. The lowest BCUT2D eigenvalue weighted by atomic mass is 10.1. The van der Waals surface area contributed by atoms with E-state index in [2.05, 4.69) is 19.2 Å². The minimum Gasteiger partial charge on any atom is -0.349 e. The number of nitrogens with zero attached hydrogens (tertiary/aromatic N) is 2. The topological polar surface area (TPSA) is 52.7 Å². The molecule has 0 radical (unpaired) electrons. The Morgan fingerprint density at radius 2 is 1.89 bits per heavy atom. The van der Waals surface area contributed by atoms with Crippen molar-refractivity contribution in [3.05, 3.63) is 0 Å². The highest BCUT2D eigenvalue weighted by Gasteiger charge is 2.32. The van der Waals surface area contributed by atoms with Gasteiger partial charge in [0, 0.05) is 39.6 Å². The predicted molar refractivity (Wildman–Crippen MR) is 75.9 cm³/mol. The number of carbonyl (C=O) groups is 2. The second kappa shape index (κ2) is 7.36. The highest BCUT2D eigenvalue weighted by Crippen LogP contribution is 2.27. The zero-order valence-corrected chi connectivity index (χ0v) is 12.6. The fourth-order valence-corrected chi connectivity index (χ4v) is 1.83. The molecule has 0 spiro atoms. The summed E-state index contributed by atoms with van der Waals surface area (Å²) in [5, 5.41) is 2.85. The molecule has 0 aliphatic heterocycles. The second-order valence-corrected chi connectivity index (χ2v) is 5.88. The standard InChI is InChI=1S/C14H27N3O2/c1-11(2)8-10-17(12-5-6-12)14(19)15-9-7-13(18)16(3)4/h11-12H,5-10H2,1-4H3,(H,15,19). The first kappa shape index (κ1) is 15.8. The Labute approximate surface area is 116 Å². The van der Waals surface area contributed by atoms with Crippen LogP contribution >= 0.6 is 0 Å². The summed E-state index contributed by atoms with van der Waals surface area (Å²) in [5.41, 5.74) is 0. The summed E-state index contributed by atoms with van der Waals surface area (Å²) in [6.07, 6.45) is 3.62. The third-order valence-electron chi connectivity index (χ3n) is 3.31. The van der Waals surface area contributed by atoms with Gasteiger partial charge in [-0.3, -0.25) is 4.79 Å². The van der Waals surface area contributed by atoms with Crippen molar-refractivity contribution in [2.45, 2.75) is 45.6 Å². The SMILES string of the molecule is CC(C)CCN(C(=O)NCCC(=O)N(C)C)C1CC1. The van der Waals surface area contributed by atoms with Crippen molar-refractivity contribution in [3.8, 4) is 0 Å². The van der Waals surface area contributed by atoms with Crippen molar-refractivity contribution < 1.29 is 9.59 Å². The maximum atomic E-state index is 12.1. The van der Waals surface area contributed by atoms with E-state index < -0.39 is 0 Å². The minimum atomic E-state index is -0.0188. The Morgan fingerprint density at radius 1 is 1.26 bits per heavy atom. The van der Waals surface area contributed by atoms with Crippen molar-refractivity contribution in [1.29, 1.82) is 0 Å². The van der Waals surface area contributed by atoms with Gasteiger partial charge in [-0.1, -0.05) is 13.8 Å². The highest BCUT2D eigenvalue weighted by atomic mass is 16.2. The number of amides is 3. The highest BCUT2D eigenvalue weighted by molar-refractivity contribution is 5.78. The molecule has 0 aromatic carbocycles. The summed E-state index contributed by atoms with van der Waals surface area (Å²) in [4.78, 5) is 27.0. The third kappa shape index (κ3) is 5.94. The van der Waals surface area contributed by atoms with Gasteiger partial charge in [-0.05, 0) is 25.2 Å².